The molecule has 26 heavy (non-hydrogen) atoms. The Morgan fingerprint density at radius 3 is 2.88 bits per heavy atom. The van der Waals surface area contributed by atoms with Crippen LogP contribution in [0.4, 0.5) is 0 Å². The monoisotopic (exact) mass is 381 g/mol. The van der Waals surface area contributed by atoms with E-state index in [0.29, 0.717) is 18.9 Å². The number of rotatable bonds is 5. The molecule has 3 aliphatic rings. The lowest BCUT2D eigenvalue weighted by Crippen LogP contribution is -2.66. The van der Waals surface area contributed by atoms with Crippen molar-refractivity contribution in [3.05, 3.63) is 18.2 Å². The molecule has 4 heterocycles. The van der Waals surface area contributed by atoms with E-state index >= 15 is 0 Å². The van der Waals surface area contributed by atoms with Gasteiger partial charge in [-0.1, -0.05) is 0 Å². The predicted molar refractivity (Wildman–Crippen MR) is 96.6 cm³/mol. The van der Waals surface area contributed by atoms with Crippen molar-refractivity contribution in [2.45, 2.75) is 44.3 Å². The summed E-state index contributed by atoms with van der Waals surface area (Å²) in [5.74, 6) is 1.89. The van der Waals surface area contributed by atoms with Crippen LogP contribution in [0.2, 0.25) is 0 Å². The number of sulfonamides is 1. The largest absolute Gasteiger partial charge is 0.348 e. The SMILES string of the molecule is CS(=O)(=O)NC[C@H]1[C@H]2C[C@H](CN(Cc3ncc[nH]3)C2)[C@@H]2CCCC(=O)N21. The van der Waals surface area contributed by atoms with Crippen molar-refractivity contribution < 1.29 is 13.2 Å². The Morgan fingerprint density at radius 2 is 2.15 bits per heavy atom. The molecule has 2 N–H and O–H groups in total. The van der Waals surface area contributed by atoms with Crippen LogP contribution in [0.15, 0.2) is 12.4 Å². The van der Waals surface area contributed by atoms with Crippen LogP contribution in [-0.4, -0.2) is 72.1 Å². The Balaban J connectivity index is 1.55. The first-order valence-corrected chi connectivity index (χ1v) is 11.3. The molecule has 1 aromatic heterocycles. The van der Waals surface area contributed by atoms with Gasteiger partial charge in [-0.2, -0.15) is 0 Å². The number of piperidine rings is 3. The van der Waals surface area contributed by atoms with Gasteiger partial charge in [0, 0.05) is 50.5 Å². The first-order valence-electron chi connectivity index (χ1n) is 9.37. The molecule has 3 aliphatic heterocycles. The molecule has 4 atom stereocenters. The summed E-state index contributed by atoms with van der Waals surface area (Å²) in [7, 11) is -3.28. The number of aromatic nitrogens is 2. The number of amides is 1. The van der Waals surface area contributed by atoms with Gasteiger partial charge in [-0.3, -0.25) is 9.69 Å². The zero-order chi connectivity index (χ0) is 18.3. The molecule has 8 nitrogen and oxygen atoms in total. The lowest BCUT2D eigenvalue weighted by molar-refractivity contribution is -0.152. The molecule has 144 valence electrons. The number of nitrogens with one attached hydrogen (secondary N) is 2. The third kappa shape index (κ3) is 3.65. The summed E-state index contributed by atoms with van der Waals surface area (Å²) < 4.78 is 25.9. The highest BCUT2D eigenvalue weighted by atomic mass is 32.2. The normalized spacial score (nSPS) is 32.5. The van der Waals surface area contributed by atoms with Crippen LogP contribution in [-0.2, 0) is 21.4 Å². The second-order valence-electron chi connectivity index (χ2n) is 7.93. The lowest BCUT2D eigenvalue weighted by Gasteiger charge is -2.56. The topological polar surface area (TPSA) is 98.4 Å². The maximum absolute atomic E-state index is 12.7. The van der Waals surface area contributed by atoms with Crippen molar-refractivity contribution in [2.75, 3.05) is 25.9 Å². The van der Waals surface area contributed by atoms with Crippen molar-refractivity contribution in [3.8, 4) is 0 Å². The molecule has 3 saturated heterocycles. The minimum absolute atomic E-state index is 0.0572. The molecule has 0 radical (unpaired) electrons. The summed E-state index contributed by atoms with van der Waals surface area (Å²) in [4.78, 5) is 24.6. The minimum atomic E-state index is -3.28. The van der Waals surface area contributed by atoms with Gasteiger partial charge in [0.05, 0.1) is 12.8 Å². The summed E-state index contributed by atoms with van der Waals surface area (Å²) in [6.45, 7) is 2.92. The smallest absolute Gasteiger partial charge is 0.223 e. The fraction of sp³-hybridized carbons (Fsp3) is 0.765. The van der Waals surface area contributed by atoms with Crippen molar-refractivity contribution in [3.63, 3.8) is 0 Å². The van der Waals surface area contributed by atoms with Gasteiger partial charge in [0.1, 0.15) is 5.82 Å². The Kier molecular flexibility index (Phi) is 4.79. The number of likely N-dealkylation sites (tertiary alicyclic amines) is 1. The Labute approximate surface area is 154 Å². The Morgan fingerprint density at radius 1 is 1.35 bits per heavy atom. The van der Waals surface area contributed by atoms with Crippen molar-refractivity contribution in [1.29, 1.82) is 0 Å². The molecule has 0 unspecified atom stereocenters. The average Bonchev–Trinajstić information content (AvgIpc) is 3.07. The van der Waals surface area contributed by atoms with E-state index in [0.717, 1.165) is 44.7 Å². The molecule has 2 bridgehead atoms. The second kappa shape index (κ2) is 6.94. The first kappa shape index (κ1) is 17.9. The third-order valence-electron chi connectivity index (χ3n) is 6.06. The molecular weight excluding hydrogens is 354 g/mol. The molecule has 0 aromatic carbocycles. The Hall–Kier alpha value is -1.45. The van der Waals surface area contributed by atoms with Crippen LogP contribution in [0, 0.1) is 11.8 Å². The molecule has 0 aliphatic carbocycles. The number of H-pyrrole nitrogens is 1. The van der Waals surface area contributed by atoms with Crippen LogP contribution >= 0.6 is 0 Å². The van der Waals surface area contributed by atoms with Gasteiger partial charge in [-0.05, 0) is 31.1 Å². The summed E-state index contributed by atoms with van der Waals surface area (Å²) in [5, 5.41) is 0. The Bertz CT molecular complexity index is 750. The van der Waals surface area contributed by atoms with E-state index in [4.69, 9.17) is 0 Å². The molecule has 4 rings (SSSR count). The van der Waals surface area contributed by atoms with Gasteiger partial charge >= 0.3 is 0 Å². The van der Waals surface area contributed by atoms with Gasteiger partial charge in [-0.25, -0.2) is 18.1 Å². The standard InChI is InChI=1S/C17H27N5O3S/c1-26(24,25)20-8-15-13-7-12(14-3-2-4-17(23)22(14)15)9-21(10-13)11-16-18-5-6-19-16/h5-6,12-15,20H,2-4,7-11H2,1H3,(H,18,19)/t12-,13+,14+,15+/m1/s1. The summed E-state index contributed by atoms with van der Waals surface area (Å²) in [6.07, 6.45) is 8.39. The average molecular weight is 382 g/mol. The van der Waals surface area contributed by atoms with E-state index in [2.05, 4.69) is 19.6 Å². The highest BCUT2D eigenvalue weighted by Crippen LogP contribution is 2.41. The number of nitrogens with zero attached hydrogens (tertiary/aromatic N) is 3. The van der Waals surface area contributed by atoms with E-state index in [1.54, 1.807) is 6.20 Å². The van der Waals surface area contributed by atoms with Crippen LogP contribution < -0.4 is 4.72 Å². The van der Waals surface area contributed by atoms with Crippen molar-refractivity contribution in [2.24, 2.45) is 11.8 Å². The van der Waals surface area contributed by atoms with Crippen LogP contribution in [0.3, 0.4) is 0 Å². The maximum Gasteiger partial charge on any atom is 0.223 e. The van der Waals surface area contributed by atoms with E-state index in [1.807, 2.05) is 11.1 Å². The zero-order valence-electron chi connectivity index (χ0n) is 15.1. The van der Waals surface area contributed by atoms with Crippen LogP contribution in [0.5, 0.6) is 0 Å². The summed E-state index contributed by atoms with van der Waals surface area (Å²) in [6, 6.07) is 0.177. The number of aromatic amines is 1. The van der Waals surface area contributed by atoms with Crippen LogP contribution in [0.1, 0.15) is 31.5 Å². The fourth-order valence-electron chi connectivity index (χ4n) is 5.10. The molecule has 1 aromatic rings. The number of imidazole rings is 1. The predicted octanol–water partition coefficient (Wildman–Crippen LogP) is 0.160. The van der Waals surface area contributed by atoms with E-state index in [9.17, 15) is 13.2 Å². The summed E-state index contributed by atoms with van der Waals surface area (Å²) >= 11 is 0. The number of fused-ring (bicyclic) bond motifs is 4. The van der Waals surface area contributed by atoms with E-state index < -0.39 is 10.0 Å². The van der Waals surface area contributed by atoms with Gasteiger partial charge < -0.3 is 9.88 Å². The quantitative estimate of drug-likeness (QED) is 0.757. The van der Waals surface area contributed by atoms with Crippen molar-refractivity contribution in [1.82, 2.24) is 24.5 Å². The number of carbonyl (C=O) groups excluding carboxylic acids is 1. The number of carbonyl (C=O) groups is 1. The van der Waals surface area contributed by atoms with Crippen LogP contribution in [0.25, 0.3) is 0 Å². The molecule has 0 saturated carbocycles. The van der Waals surface area contributed by atoms with Gasteiger partial charge in [0.25, 0.3) is 0 Å². The molecular formula is C17H27N5O3S. The van der Waals surface area contributed by atoms with Gasteiger partial charge in [0.2, 0.25) is 15.9 Å². The van der Waals surface area contributed by atoms with E-state index in [1.165, 1.54) is 6.26 Å². The molecule has 0 spiro atoms. The second-order valence-corrected chi connectivity index (χ2v) is 9.77. The number of hydrogen-bond donors (Lipinski definition) is 2. The number of hydrogen-bond acceptors (Lipinski definition) is 5. The minimum Gasteiger partial charge on any atom is -0.348 e. The highest BCUT2D eigenvalue weighted by Gasteiger charge is 2.49. The highest BCUT2D eigenvalue weighted by molar-refractivity contribution is 7.88. The lowest BCUT2D eigenvalue weighted by atomic mass is 9.72. The molecule has 3 fully saturated rings. The molecule has 1 amide bonds. The maximum atomic E-state index is 12.7. The van der Waals surface area contributed by atoms with E-state index in [-0.39, 0.29) is 23.9 Å². The third-order valence-corrected chi connectivity index (χ3v) is 6.75. The van der Waals surface area contributed by atoms with Gasteiger partial charge in [-0.15, -0.1) is 0 Å². The first-order chi connectivity index (χ1) is 12.4. The van der Waals surface area contributed by atoms with Crippen molar-refractivity contribution >= 4 is 15.9 Å². The fourth-order valence-corrected chi connectivity index (χ4v) is 5.57. The summed E-state index contributed by atoms with van der Waals surface area (Å²) in [5.41, 5.74) is 0. The van der Waals surface area contributed by atoms with Gasteiger partial charge in [0.15, 0.2) is 0 Å². The zero-order valence-corrected chi connectivity index (χ0v) is 15.9. The molecule has 9 heteroatoms.